The third kappa shape index (κ3) is 3.69. The largest absolute Gasteiger partial charge is 0.480 e. The number of H-pyrrole nitrogens is 1. The fraction of sp³-hybridized carbons (Fsp3) is 0.474. The Balaban J connectivity index is 1.59. The lowest BCUT2D eigenvalue weighted by Crippen LogP contribution is -2.40. The van der Waals surface area contributed by atoms with Gasteiger partial charge in [0.25, 0.3) is 0 Å². The maximum atomic E-state index is 12.6. The molecule has 1 fully saturated rings. The molecular weight excluding hydrogens is 318 g/mol. The molecule has 1 aliphatic rings. The molecule has 134 valence electrons. The Bertz CT molecular complexity index is 768. The van der Waals surface area contributed by atoms with E-state index >= 15 is 0 Å². The average Bonchev–Trinajstić information content (AvgIpc) is 3.19. The van der Waals surface area contributed by atoms with Gasteiger partial charge in [-0.05, 0) is 45.0 Å². The van der Waals surface area contributed by atoms with Crippen LogP contribution in [0, 0.1) is 0 Å². The molecule has 3 rings (SSSR count). The molecule has 0 bridgehead atoms. The highest BCUT2D eigenvalue weighted by Crippen LogP contribution is 2.24. The minimum atomic E-state index is -0.908. The summed E-state index contributed by atoms with van der Waals surface area (Å²) in [5, 5.41) is 10.6. The summed E-state index contributed by atoms with van der Waals surface area (Å²) in [6.07, 6.45) is 4.39. The van der Waals surface area contributed by atoms with E-state index in [0.717, 1.165) is 18.4 Å². The van der Waals surface area contributed by atoms with E-state index < -0.39 is 12.0 Å². The molecular formula is C19H25N3O3. The zero-order chi connectivity index (χ0) is 18.0. The standard InChI is InChI=1S/C19H25N3O3/c1-21(2)14-10-17(19(24)25)22(12-14)18(23)9-5-6-13-11-20-16-8-4-3-7-15(13)16/h3-4,7-8,11,14,17,20H,5-6,9-10,12H2,1-2H3,(H,24,25)/t14-,17+/m1/s1. The van der Waals surface area contributed by atoms with E-state index in [1.807, 2.05) is 43.4 Å². The molecule has 0 saturated carbocycles. The number of para-hydroxylation sites is 1. The number of aromatic amines is 1. The lowest BCUT2D eigenvalue weighted by atomic mass is 10.1. The number of fused-ring (bicyclic) bond motifs is 1. The molecule has 0 radical (unpaired) electrons. The zero-order valence-electron chi connectivity index (χ0n) is 14.7. The van der Waals surface area contributed by atoms with Gasteiger partial charge in [0.15, 0.2) is 0 Å². The molecule has 0 aliphatic carbocycles. The number of carboxylic acids is 1. The Morgan fingerprint density at radius 3 is 2.80 bits per heavy atom. The van der Waals surface area contributed by atoms with Gasteiger partial charge in [-0.25, -0.2) is 4.79 Å². The number of aliphatic carboxylic acids is 1. The molecule has 1 amide bonds. The van der Waals surface area contributed by atoms with Crippen LogP contribution in [0.2, 0.25) is 0 Å². The molecule has 2 atom stereocenters. The number of rotatable bonds is 6. The quantitative estimate of drug-likeness (QED) is 0.842. The summed E-state index contributed by atoms with van der Waals surface area (Å²) in [5.74, 6) is -0.967. The van der Waals surface area contributed by atoms with Crippen molar-refractivity contribution in [3.05, 3.63) is 36.0 Å². The molecule has 1 aromatic carbocycles. The van der Waals surface area contributed by atoms with E-state index in [9.17, 15) is 14.7 Å². The molecule has 1 aliphatic heterocycles. The highest BCUT2D eigenvalue weighted by Gasteiger charge is 2.39. The Hall–Kier alpha value is -2.34. The molecule has 1 aromatic heterocycles. The van der Waals surface area contributed by atoms with Crippen LogP contribution in [0.1, 0.15) is 24.8 Å². The lowest BCUT2D eigenvalue weighted by molar-refractivity contribution is -0.148. The van der Waals surface area contributed by atoms with E-state index in [2.05, 4.69) is 11.1 Å². The second-order valence-corrected chi connectivity index (χ2v) is 6.97. The first kappa shape index (κ1) is 17.5. The van der Waals surface area contributed by atoms with Gasteiger partial charge in [0.1, 0.15) is 6.04 Å². The normalized spacial score (nSPS) is 20.5. The van der Waals surface area contributed by atoms with Crippen molar-refractivity contribution in [2.24, 2.45) is 0 Å². The third-order valence-electron chi connectivity index (χ3n) is 5.13. The number of carboxylic acid groups (broad SMARTS) is 1. The summed E-state index contributed by atoms with van der Waals surface area (Å²) in [6.45, 7) is 0.496. The van der Waals surface area contributed by atoms with Gasteiger partial charge in [0.2, 0.25) is 5.91 Å². The number of nitrogens with zero attached hydrogens (tertiary/aromatic N) is 2. The summed E-state index contributed by atoms with van der Waals surface area (Å²) in [5.41, 5.74) is 2.30. The smallest absolute Gasteiger partial charge is 0.326 e. The Morgan fingerprint density at radius 1 is 1.32 bits per heavy atom. The number of amides is 1. The molecule has 2 heterocycles. The van der Waals surface area contributed by atoms with E-state index in [0.29, 0.717) is 19.4 Å². The third-order valence-corrected chi connectivity index (χ3v) is 5.13. The van der Waals surface area contributed by atoms with Crippen LogP contribution in [0.15, 0.2) is 30.5 Å². The molecule has 0 spiro atoms. The van der Waals surface area contributed by atoms with Gasteiger partial charge in [-0.2, -0.15) is 0 Å². The fourth-order valence-electron chi connectivity index (χ4n) is 3.61. The van der Waals surface area contributed by atoms with Crippen LogP contribution < -0.4 is 0 Å². The van der Waals surface area contributed by atoms with Gasteiger partial charge < -0.3 is 19.9 Å². The van der Waals surface area contributed by atoms with E-state index in [1.54, 1.807) is 4.90 Å². The van der Waals surface area contributed by atoms with E-state index in [4.69, 9.17) is 0 Å². The van der Waals surface area contributed by atoms with Crippen LogP contribution >= 0.6 is 0 Å². The SMILES string of the molecule is CN(C)[C@@H]1C[C@@H](C(=O)O)N(C(=O)CCCc2c[nH]c3ccccc23)C1. The number of likely N-dealkylation sites (tertiary alicyclic amines) is 1. The number of benzene rings is 1. The molecule has 2 N–H and O–H groups in total. The van der Waals surface area contributed by atoms with Crippen LogP contribution in [0.4, 0.5) is 0 Å². The minimum absolute atomic E-state index is 0.0587. The number of aryl methyl sites for hydroxylation is 1. The van der Waals surface area contributed by atoms with Crippen LogP contribution in [-0.2, 0) is 16.0 Å². The van der Waals surface area contributed by atoms with Crippen molar-refractivity contribution in [3.63, 3.8) is 0 Å². The van der Waals surface area contributed by atoms with Gasteiger partial charge in [-0.3, -0.25) is 4.79 Å². The summed E-state index contributed by atoms with van der Waals surface area (Å²) >= 11 is 0. The van der Waals surface area contributed by atoms with E-state index in [-0.39, 0.29) is 11.9 Å². The Kier molecular flexibility index (Phi) is 5.08. The van der Waals surface area contributed by atoms with Gasteiger partial charge in [0.05, 0.1) is 0 Å². The number of nitrogens with one attached hydrogen (secondary N) is 1. The summed E-state index contributed by atoms with van der Waals surface area (Å²) in [6, 6.07) is 7.52. The topological polar surface area (TPSA) is 76.6 Å². The van der Waals surface area contributed by atoms with Gasteiger partial charge >= 0.3 is 5.97 Å². The zero-order valence-corrected chi connectivity index (χ0v) is 14.7. The Morgan fingerprint density at radius 2 is 2.08 bits per heavy atom. The van der Waals surface area contributed by atoms with Gasteiger partial charge in [0, 0.05) is 36.1 Å². The highest BCUT2D eigenvalue weighted by molar-refractivity contribution is 5.85. The van der Waals surface area contributed by atoms with Crippen molar-refractivity contribution in [2.45, 2.75) is 37.8 Å². The van der Waals surface area contributed by atoms with Crippen molar-refractivity contribution >= 4 is 22.8 Å². The Labute approximate surface area is 147 Å². The van der Waals surface area contributed by atoms with Crippen molar-refractivity contribution in [3.8, 4) is 0 Å². The predicted octanol–water partition coefficient (Wildman–Crippen LogP) is 2.11. The molecule has 25 heavy (non-hydrogen) atoms. The predicted molar refractivity (Wildman–Crippen MR) is 96.5 cm³/mol. The number of likely N-dealkylation sites (N-methyl/N-ethyl adjacent to an activating group) is 1. The number of aromatic nitrogens is 1. The van der Waals surface area contributed by atoms with Crippen LogP contribution in [0.3, 0.4) is 0 Å². The van der Waals surface area contributed by atoms with Gasteiger partial charge in [-0.15, -0.1) is 0 Å². The summed E-state index contributed by atoms with van der Waals surface area (Å²) in [4.78, 5) is 30.8. The molecule has 2 aromatic rings. The number of hydrogen-bond acceptors (Lipinski definition) is 3. The first-order valence-corrected chi connectivity index (χ1v) is 8.71. The van der Waals surface area contributed by atoms with Gasteiger partial charge in [-0.1, -0.05) is 18.2 Å². The first-order valence-electron chi connectivity index (χ1n) is 8.71. The minimum Gasteiger partial charge on any atom is -0.480 e. The number of carbonyl (C=O) groups is 2. The van der Waals surface area contributed by atoms with Crippen LogP contribution in [0.25, 0.3) is 10.9 Å². The van der Waals surface area contributed by atoms with Crippen molar-refractivity contribution in [2.75, 3.05) is 20.6 Å². The second-order valence-electron chi connectivity index (χ2n) is 6.97. The maximum Gasteiger partial charge on any atom is 0.326 e. The maximum absolute atomic E-state index is 12.6. The van der Waals surface area contributed by atoms with Crippen LogP contribution in [0.5, 0.6) is 0 Å². The number of hydrogen-bond donors (Lipinski definition) is 2. The van der Waals surface area contributed by atoms with Crippen molar-refractivity contribution in [1.82, 2.24) is 14.8 Å². The lowest BCUT2D eigenvalue weighted by Gasteiger charge is -2.22. The molecule has 0 unspecified atom stereocenters. The van der Waals surface area contributed by atoms with Crippen molar-refractivity contribution in [1.29, 1.82) is 0 Å². The molecule has 1 saturated heterocycles. The second kappa shape index (κ2) is 7.27. The molecule has 6 nitrogen and oxygen atoms in total. The molecule has 6 heteroatoms. The monoisotopic (exact) mass is 343 g/mol. The highest BCUT2D eigenvalue weighted by atomic mass is 16.4. The fourth-order valence-corrected chi connectivity index (χ4v) is 3.61. The number of carbonyl (C=O) groups excluding carboxylic acids is 1. The summed E-state index contributed by atoms with van der Waals surface area (Å²) in [7, 11) is 3.85. The van der Waals surface area contributed by atoms with E-state index in [1.165, 1.54) is 10.9 Å². The summed E-state index contributed by atoms with van der Waals surface area (Å²) < 4.78 is 0. The average molecular weight is 343 g/mol. The van der Waals surface area contributed by atoms with Crippen LogP contribution in [-0.4, -0.2) is 64.5 Å². The van der Waals surface area contributed by atoms with Crippen molar-refractivity contribution < 1.29 is 14.7 Å². The first-order chi connectivity index (χ1) is 12.0.